The molecule has 0 aliphatic rings. The minimum absolute atomic E-state index is 0.00479. The molecule has 2 aromatic carbocycles. The fraction of sp³-hybridized carbons (Fsp3) is 0.222. The topological polar surface area (TPSA) is 76.7 Å². The SMILES string of the molecule is CC(C)OC(=O)c1ccc(NC(=O)Nc2ccc(OC(F)F)cc2)cc1. The lowest BCUT2D eigenvalue weighted by molar-refractivity contribution is -0.0498. The second-order valence-corrected chi connectivity index (χ2v) is 5.51. The fourth-order valence-electron chi connectivity index (χ4n) is 1.98. The van der Waals surface area contributed by atoms with Gasteiger partial charge in [-0.3, -0.25) is 0 Å². The van der Waals surface area contributed by atoms with Gasteiger partial charge in [-0.25, -0.2) is 9.59 Å². The van der Waals surface area contributed by atoms with Crippen LogP contribution in [0.2, 0.25) is 0 Å². The Kier molecular flexibility index (Phi) is 6.48. The molecule has 138 valence electrons. The summed E-state index contributed by atoms with van der Waals surface area (Å²) >= 11 is 0. The number of benzene rings is 2. The molecule has 0 aliphatic heterocycles. The molecular weight excluding hydrogens is 346 g/mol. The van der Waals surface area contributed by atoms with Crippen LogP contribution in [0.5, 0.6) is 5.75 Å². The summed E-state index contributed by atoms with van der Waals surface area (Å²) in [5, 5.41) is 5.14. The van der Waals surface area contributed by atoms with Gasteiger partial charge in [-0.1, -0.05) is 0 Å². The number of anilines is 2. The third kappa shape index (κ3) is 6.04. The van der Waals surface area contributed by atoms with Crippen molar-refractivity contribution >= 4 is 23.4 Å². The summed E-state index contributed by atoms with van der Waals surface area (Å²) in [7, 11) is 0. The van der Waals surface area contributed by atoms with E-state index >= 15 is 0 Å². The number of hydrogen-bond donors (Lipinski definition) is 2. The van der Waals surface area contributed by atoms with Gasteiger partial charge in [0.05, 0.1) is 11.7 Å². The molecule has 26 heavy (non-hydrogen) atoms. The minimum Gasteiger partial charge on any atom is -0.459 e. The number of ether oxygens (including phenoxy) is 2. The van der Waals surface area contributed by atoms with E-state index in [1.54, 1.807) is 26.0 Å². The number of alkyl halides is 2. The molecule has 0 atom stereocenters. The molecule has 0 unspecified atom stereocenters. The van der Waals surface area contributed by atoms with Gasteiger partial charge in [-0.15, -0.1) is 0 Å². The van der Waals surface area contributed by atoms with Crippen molar-refractivity contribution in [3.8, 4) is 5.75 Å². The molecule has 0 bridgehead atoms. The van der Waals surface area contributed by atoms with Crippen LogP contribution >= 0.6 is 0 Å². The molecule has 0 radical (unpaired) electrons. The average Bonchev–Trinajstić information content (AvgIpc) is 2.56. The Morgan fingerprint density at radius 2 is 1.38 bits per heavy atom. The number of hydrogen-bond acceptors (Lipinski definition) is 4. The number of nitrogens with one attached hydrogen (secondary N) is 2. The summed E-state index contributed by atoms with van der Waals surface area (Å²) in [5.41, 5.74) is 1.25. The highest BCUT2D eigenvalue weighted by Crippen LogP contribution is 2.18. The van der Waals surface area contributed by atoms with Crippen molar-refractivity contribution in [3.05, 3.63) is 54.1 Å². The van der Waals surface area contributed by atoms with Crippen LogP contribution in [0.25, 0.3) is 0 Å². The molecule has 0 heterocycles. The smallest absolute Gasteiger partial charge is 0.387 e. The maximum absolute atomic E-state index is 12.1. The van der Waals surface area contributed by atoms with E-state index in [1.165, 1.54) is 36.4 Å². The highest BCUT2D eigenvalue weighted by molar-refractivity contribution is 6.00. The van der Waals surface area contributed by atoms with Crippen molar-refractivity contribution in [2.75, 3.05) is 10.6 Å². The molecule has 2 rings (SSSR count). The summed E-state index contributed by atoms with van der Waals surface area (Å²) in [5.74, 6) is -0.447. The molecule has 8 heteroatoms. The first-order chi connectivity index (χ1) is 12.3. The van der Waals surface area contributed by atoms with Crippen molar-refractivity contribution in [2.24, 2.45) is 0 Å². The Labute approximate surface area is 149 Å². The van der Waals surface area contributed by atoms with Crippen LogP contribution in [0.3, 0.4) is 0 Å². The van der Waals surface area contributed by atoms with Gasteiger partial charge in [0.1, 0.15) is 5.75 Å². The maximum atomic E-state index is 12.1. The van der Waals surface area contributed by atoms with Gasteiger partial charge >= 0.3 is 18.6 Å². The number of carbonyl (C=O) groups is 2. The Balaban J connectivity index is 1.90. The summed E-state index contributed by atoms with van der Waals surface area (Å²) in [6, 6.07) is 11.2. The molecule has 0 fully saturated rings. The fourth-order valence-corrected chi connectivity index (χ4v) is 1.98. The number of halogens is 2. The normalized spacial score (nSPS) is 10.5. The number of amides is 2. The van der Waals surface area contributed by atoms with Crippen molar-refractivity contribution < 1.29 is 27.8 Å². The molecule has 0 saturated carbocycles. The quantitative estimate of drug-likeness (QED) is 0.740. The summed E-state index contributed by atoms with van der Waals surface area (Å²) < 4.78 is 33.5. The summed E-state index contributed by atoms with van der Waals surface area (Å²) in [6.07, 6.45) is -0.219. The van der Waals surface area contributed by atoms with Crippen molar-refractivity contribution in [3.63, 3.8) is 0 Å². The molecule has 6 nitrogen and oxygen atoms in total. The van der Waals surface area contributed by atoms with E-state index < -0.39 is 18.6 Å². The third-order valence-corrected chi connectivity index (χ3v) is 3.06. The molecular formula is C18H18F2N2O4. The zero-order chi connectivity index (χ0) is 19.1. The lowest BCUT2D eigenvalue weighted by Crippen LogP contribution is -2.19. The molecule has 2 aromatic rings. The first-order valence-electron chi connectivity index (χ1n) is 7.77. The second-order valence-electron chi connectivity index (χ2n) is 5.51. The largest absolute Gasteiger partial charge is 0.459 e. The summed E-state index contributed by atoms with van der Waals surface area (Å²) in [4.78, 5) is 23.7. The first kappa shape index (κ1) is 19.2. The van der Waals surface area contributed by atoms with Crippen LogP contribution < -0.4 is 15.4 Å². The average molecular weight is 364 g/mol. The Morgan fingerprint density at radius 3 is 1.85 bits per heavy atom. The molecule has 0 aliphatic carbocycles. The van der Waals surface area contributed by atoms with Crippen LogP contribution in [-0.2, 0) is 4.74 Å². The van der Waals surface area contributed by atoms with E-state index in [0.717, 1.165) is 0 Å². The first-order valence-corrected chi connectivity index (χ1v) is 7.77. The van der Waals surface area contributed by atoms with Crippen LogP contribution in [0.1, 0.15) is 24.2 Å². The number of carbonyl (C=O) groups excluding carboxylic acids is 2. The maximum Gasteiger partial charge on any atom is 0.387 e. The zero-order valence-corrected chi connectivity index (χ0v) is 14.2. The van der Waals surface area contributed by atoms with Crippen LogP contribution in [0, 0.1) is 0 Å². The molecule has 0 saturated heterocycles. The molecule has 0 aromatic heterocycles. The van der Waals surface area contributed by atoms with Gasteiger partial charge in [0.2, 0.25) is 0 Å². The van der Waals surface area contributed by atoms with E-state index in [9.17, 15) is 18.4 Å². The number of esters is 1. The van der Waals surface area contributed by atoms with Gasteiger partial charge in [0, 0.05) is 11.4 Å². The van der Waals surface area contributed by atoms with Crippen LogP contribution in [0.15, 0.2) is 48.5 Å². The number of urea groups is 1. The van der Waals surface area contributed by atoms with Gasteiger partial charge in [0.15, 0.2) is 0 Å². The van der Waals surface area contributed by atoms with E-state index in [1.807, 2.05) is 0 Å². The van der Waals surface area contributed by atoms with Crippen LogP contribution in [-0.4, -0.2) is 24.7 Å². The van der Waals surface area contributed by atoms with Crippen molar-refractivity contribution in [1.82, 2.24) is 0 Å². The van der Waals surface area contributed by atoms with Crippen molar-refractivity contribution in [1.29, 1.82) is 0 Å². The van der Waals surface area contributed by atoms with E-state index in [2.05, 4.69) is 15.4 Å². The molecule has 2 amide bonds. The lowest BCUT2D eigenvalue weighted by Gasteiger charge is -2.10. The lowest BCUT2D eigenvalue weighted by atomic mass is 10.2. The molecule has 0 spiro atoms. The number of rotatable bonds is 6. The zero-order valence-electron chi connectivity index (χ0n) is 14.2. The standard InChI is InChI=1S/C18H18F2N2O4/c1-11(2)25-16(23)12-3-5-13(6-4-12)21-18(24)22-14-7-9-15(10-8-14)26-17(19)20/h3-11,17H,1-2H3,(H2,21,22,24). The van der Waals surface area contributed by atoms with Gasteiger partial charge in [0.25, 0.3) is 0 Å². The van der Waals surface area contributed by atoms with Crippen molar-refractivity contribution in [2.45, 2.75) is 26.6 Å². The predicted octanol–water partition coefficient (Wildman–Crippen LogP) is 4.50. The Hall–Kier alpha value is -3.16. The van der Waals surface area contributed by atoms with Gasteiger partial charge < -0.3 is 20.1 Å². The highest BCUT2D eigenvalue weighted by atomic mass is 19.3. The Bertz CT molecular complexity index is 747. The Morgan fingerprint density at radius 1 is 0.885 bits per heavy atom. The highest BCUT2D eigenvalue weighted by Gasteiger charge is 2.10. The van der Waals surface area contributed by atoms with E-state index in [0.29, 0.717) is 16.9 Å². The minimum atomic E-state index is -2.90. The summed E-state index contributed by atoms with van der Waals surface area (Å²) in [6.45, 7) is 0.604. The van der Waals surface area contributed by atoms with E-state index in [4.69, 9.17) is 4.74 Å². The molecule has 2 N–H and O–H groups in total. The predicted molar refractivity (Wildman–Crippen MR) is 92.7 cm³/mol. The van der Waals surface area contributed by atoms with Gasteiger partial charge in [-0.2, -0.15) is 8.78 Å². The van der Waals surface area contributed by atoms with Gasteiger partial charge in [-0.05, 0) is 62.4 Å². The second kappa shape index (κ2) is 8.80. The van der Waals surface area contributed by atoms with E-state index in [-0.39, 0.29) is 11.9 Å². The van der Waals surface area contributed by atoms with Crippen LogP contribution in [0.4, 0.5) is 25.0 Å². The monoisotopic (exact) mass is 364 g/mol. The third-order valence-electron chi connectivity index (χ3n) is 3.06.